The van der Waals surface area contributed by atoms with E-state index in [0.717, 1.165) is 10.2 Å². The molecular formula is C15H15BrFNO. The summed E-state index contributed by atoms with van der Waals surface area (Å²) in [5.74, 6) is -0.344. The van der Waals surface area contributed by atoms with Crippen molar-refractivity contribution >= 4 is 21.6 Å². The molecule has 0 heterocycles. The molecule has 0 saturated heterocycles. The Bertz CT molecular complexity index is 561. The number of aliphatic hydroxyl groups is 1. The lowest BCUT2D eigenvalue weighted by molar-refractivity contribution is 0.220. The molecule has 0 amide bonds. The van der Waals surface area contributed by atoms with Crippen LogP contribution >= 0.6 is 15.9 Å². The van der Waals surface area contributed by atoms with Crippen LogP contribution in [0.4, 0.5) is 10.1 Å². The molecule has 1 unspecified atom stereocenters. The molecule has 0 aliphatic rings. The second kappa shape index (κ2) is 5.72. The second-order valence-electron chi connectivity index (χ2n) is 4.61. The van der Waals surface area contributed by atoms with Gasteiger partial charge in [0.1, 0.15) is 5.82 Å². The Morgan fingerprint density at radius 1 is 1.21 bits per heavy atom. The highest BCUT2D eigenvalue weighted by molar-refractivity contribution is 9.10. The Balaban J connectivity index is 2.39. The van der Waals surface area contributed by atoms with Crippen LogP contribution in [0, 0.1) is 5.82 Å². The smallest absolute Gasteiger partial charge is 0.128 e. The molecule has 0 aliphatic carbocycles. The first-order valence-corrected chi connectivity index (χ1v) is 6.74. The molecule has 19 heavy (non-hydrogen) atoms. The van der Waals surface area contributed by atoms with E-state index in [9.17, 15) is 9.50 Å². The van der Waals surface area contributed by atoms with Gasteiger partial charge in [-0.1, -0.05) is 34.1 Å². The third kappa shape index (κ3) is 3.14. The molecule has 1 atom stereocenters. The fourth-order valence-corrected chi connectivity index (χ4v) is 2.31. The maximum atomic E-state index is 14.0. The van der Waals surface area contributed by atoms with Gasteiger partial charge in [0.2, 0.25) is 0 Å². The van der Waals surface area contributed by atoms with Gasteiger partial charge >= 0.3 is 0 Å². The largest absolute Gasteiger partial charge is 0.394 e. The molecule has 2 N–H and O–H groups in total. The molecule has 100 valence electrons. The van der Waals surface area contributed by atoms with E-state index in [1.807, 2.05) is 30.3 Å². The Kier molecular flexibility index (Phi) is 4.22. The summed E-state index contributed by atoms with van der Waals surface area (Å²) in [4.78, 5) is 0. The Morgan fingerprint density at radius 3 is 2.53 bits per heavy atom. The maximum Gasteiger partial charge on any atom is 0.128 e. The molecule has 0 fully saturated rings. The van der Waals surface area contributed by atoms with Crippen molar-refractivity contribution in [3.05, 3.63) is 64.4 Å². The van der Waals surface area contributed by atoms with E-state index in [-0.39, 0.29) is 12.4 Å². The summed E-state index contributed by atoms with van der Waals surface area (Å²) in [6, 6.07) is 14.1. The number of hydrogen-bond donors (Lipinski definition) is 2. The van der Waals surface area contributed by atoms with Crippen LogP contribution in [0.25, 0.3) is 0 Å². The van der Waals surface area contributed by atoms with Gasteiger partial charge in [0.15, 0.2) is 0 Å². The van der Waals surface area contributed by atoms with Crippen LogP contribution in [0.15, 0.2) is 53.0 Å². The number of para-hydroxylation sites is 1. The van der Waals surface area contributed by atoms with Crippen molar-refractivity contribution in [3.63, 3.8) is 0 Å². The van der Waals surface area contributed by atoms with Gasteiger partial charge in [-0.15, -0.1) is 0 Å². The highest BCUT2D eigenvalue weighted by Crippen LogP contribution is 2.29. The highest BCUT2D eigenvalue weighted by Gasteiger charge is 2.29. The molecule has 2 aromatic rings. The molecule has 0 spiro atoms. The minimum atomic E-state index is -0.880. The van der Waals surface area contributed by atoms with Gasteiger partial charge in [-0.05, 0) is 37.3 Å². The molecule has 0 bridgehead atoms. The van der Waals surface area contributed by atoms with Crippen LogP contribution in [0.2, 0.25) is 0 Å². The number of benzene rings is 2. The third-order valence-electron chi connectivity index (χ3n) is 3.03. The average Bonchev–Trinajstić information content (AvgIpc) is 2.42. The minimum Gasteiger partial charge on any atom is -0.394 e. The molecule has 4 heteroatoms. The van der Waals surface area contributed by atoms with Gasteiger partial charge in [-0.25, -0.2) is 4.39 Å². The quantitative estimate of drug-likeness (QED) is 0.894. The standard InChI is InChI=1S/C15H15BrFNO/c1-15(10-19,18-12-5-3-2-4-6-12)13-9-11(16)7-8-14(13)17/h2-9,18-19H,10H2,1H3. The van der Waals surface area contributed by atoms with E-state index in [0.29, 0.717) is 5.56 Å². The average molecular weight is 324 g/mol. The van der Waals surface area contributed by atoms with Crippen molar-refractivity contribution < 1.29 is 9.50 Å². The Labute approximate surface area is 120 Å². The summed E-state index contributed by atoms with van der Waals surface area (Å²) in [5, 5.41) is 12.8. The third-order valence-corrected chi connectivity index (χ3v) is 3.53. The van der Waals surface area contributed by atoms with Gasteiger partial charge in [0, 0.05) is 15.7 Å². The maximum absolute atomic E-state index is 14.0. The van der Waals surface area contributed by atoms with Crippen LogP contribution in [-0.2, 0) is 5.54 Å². The van der Waals surface area contributed by atoms with E-state index in [2.05, 4.69) is 21.2 Å². The monoisotopic (exact) mass is 323 g/mol. The van der Waals surface area contributed by atoms with E-state index >= 15 is 0 Å². The Hall–Kier alpha value is -1.39. The van der Waals surface area contributed by atoms with Crippen molar-refractivity contribution in [1.82, 2.24) is 0 Å². The normalized spacial score (nSPS) is 13.9. The van der Waals surface area contributed by atoms with Crippen molar-refractivity contribution in [1.29, 1.82) is 0 Å². The van der Waals surface area contributed by atoms with Crippen LogP contribution < -0.4 is 5.32 Å². The molecule has 2 rings (SSSR count). The molecule has 2 aromatic carbocycles. The molecule has 0 aliphatic heterocycles. The van der Waals surface area contributed by atoms with Gasteiger partial charge < -0.3 is 10.4 Å². The lowest BCUT2D eigenvalue weighted by atomic mass is 9.92. The summed E-state index contributed by atoms with van der Waals surface area (Å²) >= 11 is 3.33. The number of halogens is 2. The zero-order valence-corrected chi connectivity index (χ0v) is 12.1. The first-order chi connectivity index (χ1) is 9.05. The number of hydrogen-bond acceptors (Lipinski definition) is 2. The van der Waals surface area contributed by atoms with Gasteiger partial charge in [0.05, 0.1) is 12.1 Å². The van der Waals surface area contributed by atoms with Crippen molar-refractivity contribution in [3.8, 4) is 0 Å². The zero-order valence-electron chi connectivity index (χ0n) is 10.5. The van der Waals surface area contributed by atoms with Gasteiger partial charge in [0.25, 0.3) is 0 Å². The van der Waals surface area contributed by atoms with Crippen molar-refractivity contribution in [2.75, 3.05) is 11.9 Å². The van der Waals surface area contributed by atoms with Crippen molar-refractivity contribution in [2.45, 2.75) is 12.5 Å². The van der Waals surface area contributed by atoms with Gasteiger partial charge in [-0.2, -0.15) is 0 Å². The van der Waals surface area contributed by atoms with Crippen LogP contribution in [-0.4, -0.2) is 11.7 Å². The summed E-state index contributed by atoms with van der Waals surface area (Å²) in [6.07, 6.45) is 0. The van der Waals surface area contributed by atoms with E-state index < -0.39 is 5.54 Å². The van der Waals surface area contributed by atoms with Crippen LogP contribution in [0.3, 0.4) is 0 Å². The number of rotatable bonds is 4. The lowest BCUT2D eigenvalue weighted by Crippen LogP contribution is -2.36. The Morgan fingerprint density at radius 2 is 1.89 bits per heavy atom. The number of aliphatic hydroxyl groups excluding tert-OH is 1. The SMILES string of the molecule is CC(CO)(Nc1ccccc1)c1cc(Br)ccc1F. The van der Waals surface area contributed by atoms with Crippen LogP contribution in [0.1, 0.15) is 12.5 Å². The molecule has 0 radical (unpaired) electrons. The second-order valence-corrected chi connectivity index (χ2v) is 5.52. The fraction of sp³-hybridized carbons (Fsp3) is 0.200. The molecule has 2 nitrogen and oxygen atoms in total. The summed E-state index contributed by atoms with van der Waals surface area (Å²) in [6.45, 7) is 1.56. The predicted octanol–water partition coefficient (Wildman–Crippen LogP) is 3.91. The molecule has 0 aromatic heterocycles. The van der Waals surface area contributed by atoms with E-state index in [1.54, 1.807) is 19.1 Å². The van der Waals surface area contributed by atoms with Crippen LogP contribution in [0.5, 0.6) is 0 Å². The van der Waals surface area contributed by atoms with E-state index in [1.165, 1.54) is 6.07 Å². The number of nitrogens with one attached hydrogen (secondary N) is 1. The number of anilines is 1. The molecule has 0 saturated carbocycles. The summed E-state index contributed by atoms with van der Waals surface area (Å²) in [7, 11) is 0. The lowest BCUT2D eigenvalue weighted by Gasteiger charge is -2.31. The summed E-state index contributed by atoms with van der Waals surface area (Å²) < 4.78 is 14.8. The minimum absolute atomic E-state index is 0.213. The summed E-state index contributed by atoms with van der Waals surface area (Å²) in [5.41, 5.74) is 0.376. The highest BCUT2D eigenvalue weighted by atomic mass is 79.9. The predicted molar refractivity (Wildman–Crippen MR) is 78.6 cm³/mol. The van der Waals surface area contributed by atoms with Gasteiger partial charge in [-0.3, -0.25) is 0 Å². The zero-order chi connectivity index (χ0) is 13.9. The topological polar surface area (TPSA) is 32.3 Å². The first kappa shape index (κ1) is 14.0. The van der Waals surface area contributed by atoms with Crippen molar-refractivity contribution in [2.24, 2.45) is 0 Å². The molecular weight excluding hydrogens is 309 g/mol. The first-order valence-electron chi connectivity index (χ1n) is 5.95. The van der Waals surface area contributed by atoms with E-state index in [4.69, 9.17) is 0 Å². The fourth-order valence-electron chi connectivity index (χ4n) is 1.95.